The monoisotopic (exact) mass is 239 g/mol. The van der Waals surface area contributed by atoms with Gasteiger partial charge >= 0.3 is 0 Å². The van der Waals surface area contributed by atoms with Crippen molar-refractivity contribution in [1.29, 1.82) is 0 Å². The third kappa shape index (κ3) is 4.23. The van der Waals surface area contributed by atoms with Gasteiger partial charge in [-0.3, -0.25) is 4.79 Å². The molecule has 2 nitrogen and oxygen atoms in total. The molecule has 0 spiro atoms. The smallest absolute Gasteiger partial charge is 0.251 e. The maximum atomic E-state index is 11.7. The van der Waals surface area contributed by atoms with Crippen LogP contribution in [0.1, 0.15) is 35.7 Å². The average Bonchev–Trinajstić information content (AvgIpc) is 2.26. The second kappa shape index (κ2) is 6.54. The van der Waals surface area contributed by atoms with Crippen LogP contribution in [0.3, 0.4) is 0 Å². The van der Waals surface area contributed by atoms with Gasteiger partial charge in [0.05, 0.1) is 5.38 Å². The van der Waals surface area contributed by atoms with Gasteiger partial charge in [-0.15, -0.1) is 11.6 Å². The van der Waals surface area contributed by atoms with Gasteiger partial charge in [0, 0.05) is 12.1 Å². The Morgan fingerprint density at radius 2 is 2.25 bits per heavy atom. The molecular weight excluding hydrogens is 222 g/mol. The number of halogens is 1. The molecule has 0 aliphatic heterocycles. The second-order valence-electron chi connectivity index (χ2n) is 3.97. The first kappa shape index (κ1) is 13.0. The number of aryl methyl sites for hydroxylation is 1. The van der Waals surface area contributed by atoms with Crippen molar-refractivity contribution in [2.24, 2.45) is 0 Å². The highest BCUT2D eigenvalue weighted by molar-refractivity contribution is 6.20. The van der Waals surface area contributed by atoms with Crippen molar-refractivity contribution in [2.45, 2.75) is 32.1 Å². The molecule has 88 valence electrons. The Morgan fingerprint density at radius 1 is 1.50 bits per heavy atom. The first-order valence-corrected chi connectivity index (χ1v) is 6.06. The molecule has 1 aromatic carbocycles. The number of nitrogens with one attached hydrogen (secondary N) is 1. The molecule has 3 heteroatoms. The summed E-state index contributed by atoms with van der Waals surface area (Å²) in [5.41, 5.74) is 1.78. The fourth-order valence-corrected chi connectivity index (χ4v) is 1.80. The van der Waals surface area contributed by atoms with E-state index in [1.54, 1.807) is 0 Å². The van der Waals surface area contributed by atoms with Crippen LogP contribution in [0.25, 0.3) is 0 Å². The van der Waals surface area contributed by atoms with E-state index in [2.05, 4.69) is 12.2 Å². The van der Waals surface area contributed by atoms with Gasteiger partial charge in [-0.2, -0.15) is 0 Å². The van der Waals surface area contributed by atoms with Crippen molar-refractivity contribution in [3.63, 3.8) is 0 Å². The van der Waals surface area contributed by atoms with Gasteiger partial charge in [-0.05, 0) is 25.5 Å². The summed E-state index contributed by atoms with van der Waals surface area (Å²) in [6.45, 7) is 4.58. The Bertz CT molecular complexity index is 352. The number of rotatable bonds is 5. The SMILES string of the molecule is CCCC(Cl)CNC(=O)c1cccc(C)c1. The Morgan fingerprint density at radius 3 is 2.88 bits per heavy atom. The van der Waals surface area contributed by atoms with Crippen LogP contribution < -0.4 is 5.32 Å². The number of benzene rings is 1. The molecule has 0 saturated carbocycles. The third-order valence-electron chi connectivity index (χ3n) is 2.37. The lowest BCUT2D eigenvalue weighted by Crippen LogP contribution is -2.29. The minimum Gasteiger partial charge on any atom is -0.351 e. The van der Waals surface area contributed by atoms with Crippen molar-refractivity contribution < 1.29 is 4.79 Å². The number of carbonyl (C=O) groups is 1. The van der Waals surface area contributed by atoms with E-state index in [1.807, 2.05) is 31.2 Å². The first-order valence-electron chi connectivity index (χ1n) is 5.62. The van der Waals surface area contributed by atoms with Crippen LogP contribution >= 0.6 is 11.6 Å². The van der Waals surface area contributed by atoms with Crippen LogP contribution in [-0.4, -0.2) is 17.8 Å². The number of amides is 1. The molecule has 0 bridgehead atoms. The van der Waals surface area contributed by atoms with Crippen LogP contribution in [0.15, 0.2) is 24.3 Å². The molecule has 0 radical (unpaired) electrons. The van der Waals surface area contributed by atoms with Crippen LogP contribution in [0.5, 0.6) is 0 Å². The third-order valence-corrected chi connectivity index (χ3v) is 2.74. The average molecular weight is 240 g/mol. The molecule has 0 aliphatic carbocycles. The first-order chi connectivity index (χ1) is 7.63. The quantitative estimate of drug-likeness (QED) is 0.786. The van der Waals surface area contributed by atoms with Crippen molar-refractivity contribution in [2.75, 3.05) is 6.54 Å². The molecule has 16 heavy (non-hydrogen) atoms. The van der Waals surface area contributed by atoms with E-state index in [9.17, 15) is 4.79 Å². The summed E-state index contributed by atoms with van der Waals surface area (Å²) in [6.07, 6.45) is 1.96. The van der Waals surface area contributed by atoms with Crippen LogP contribution in [-0.2, 0) is 0 Å². The van der Waals surface area contributed by atoms with Gasteiger partial charge in [0.25, 0.3) is 5.91 Å². The Labute approximate surface area is 102 Å². The van der Waals surface area contributed by atoms with Gasteiger partial charge in [0.2, 0.25) is 0 Å². The molecular formula is C13H18ClNO. The van der Waals surface area contributed by atoms with E-state index in [0.29, 0.717) is 12.1 Å². The molecule has 0 aliphatic rings. The normalized spacial score (nSPS) is 12.2. The zero-order valence-electron chi connectivity index (χ0n) is 9.79. The lowest BCUT2D eigenvalue weighted by molar-refractivity contribution is 0.0953. The molecule has 0 heterocycles. The highest BCUT2D eigenvalue weighted by Crippen LogP contribution is 2.06. The number of hydrogen-bond donors (Lipinski definition) is 1. The number of carbonyl (C=O) groups excluding carboxylic acids is 1. The molecule has 1 N–H and O–H groups in total. The predicted octanol–water partition coefficient (Wildman–Crippen LogP) is 3.13. The van der Waals surface area contributed by atoms with E-state index in [1.165, 1.54) is 0 Å². The summed E-state index contributed by atoms with van der Waals surface area (Å²) < 4.78 is 0. The minimum atomic E-state index is -0.0505. The fourth-order valence-electron chi connectivity index (χ4n) is 1.51. The summed E-state index contributed by atoms with van der Waals surface area (Å²) in [7, 11) is 0. The van der Waals surface area contributed by atoms with Gasteiger partial charge in [0.1, 0.15) is 0 Å². The van der Waals surface area contributed by atoms with Crippen LogP contribution in [0, 0.1) is 6.92 Å². The summed E-state index contributed by atoms with van der Waals surface area (Å²) in [4.78, 5) is 11.7. The van der Waals surface area contributed by atoms with Crippen molar-refractivity contribution in [3.05, 3.63) is 35.4 Å². The standard InChI is InChI=1S/C13H18ClNO/c1-3-5-12(14)9-15-13(16)11-7-4-6-10(2)8-11/h4,6-8,12H,3,5,9H2,1-2H3,(H,15,16). The maximum absolute atomic E-state index is 11.7. The molecule has 1 aromatic rings. The molecule has 0 fully saturated rings. The second-order valence-corrected chi connectivity index (χ2v) is 4.58. The number of hydrogen-bond acceptors (Lipinski definition) is 1. The Hall–Kier alpha value is -1.02. The molecule has 1 atom stereocenters. The summed E-state index contributed by atoms with van der Waals surface area (Å²) >= 11 is 6.03. The van der Waals surface area contributed by atoms with Crippen molar-refractivity contribution in [1.82, 2.24) is 5.32 Å². The topological polar surface area (TPSA) is 29.1 Å². The van der Waals surface area contributed by atoms with E-state index >= 15 is 0 Å². The van der Waals surface area contributed by atoms with Gasteiger partial charge in [0.15, 0.2) is 0 Å². The van der Waals surface area contributed by atoms with Crippen molar-refractivity contribution in [3.8, 4) is 0 Å². The Kier molecular flexibility index (Phi) is 5.33. The van der Waals surface area contributed by atoms with Crippen LogP contribution in [0.2, 0.25) is 0 Å². The van der Waals surface area contributed by atoms with E-state index in [-0.39, 0.29) is 11.3 Å². The lowest BCUT2D eigenvalue weighted by Gasteiger charge is -2.09. The summed E-state index contributed by atoms with van der Waals surface area (Å²) in [5.74, 6) is -0.0505. The molecule has 1 amide bonds. The van der Waals surface area contributed by atoms with Crippen molar-refractivity contribution >= 4 is 17.5 Å². The van der Waals surface area contributed by atoms with E-state index in [4.69, 9.17) is 11.6 Å². The molecule has 1 unspecified atom stereocenters. The fraction of sp³-hybridized carbons (Fsp3) is 0.462. The zero-order valence-corrected chi connectivity index (χ0v) is 10.6. The maximum Gasteiger partial charge on any atom is 0.251 e. The molecule has 1 rings (SSSR count). The van der Waals surface area contributed by atoms with E-state index < -0.39 is 0 Å². The van der Waals surface area contributed by atoms with Gasteiger partial charge in [-0.1, -0.05) is 31.0 Å². The minimum absolute atomic E-state index is 0.0266. The van der Waals surface area contributed by atoms with Gasteiger partial charge in [-0.25, -0.2) is 0 Å². The highest BCUT2D eigenvalue weighted by atomic mass is 35.5. The largest absolute Gasteiger partial charge is 0.351 e. The Balaban J connectivity index is 2.47. The zero-order chi connectivity index (χ0) is 12.0. The summed E-state index contributed by atoms with van der Waals surface area (Å²) in [6, 6.07) is 7.54. The number of alkyl halides is 1. The van der Waals surface area contributed by atoms with Gasteiger partial charge < -0.3 is 5.32 Å². The lowest BCUT2D eigenvalue weighted by atomic mass is 10.1. The predicted molar refractivity (Wildman–Crippen MR) is 68.1 cm³/mol. The molecule has 0 saturated heterocycles. The summed E-state index contributed by atoms with van der Waals surface area (Å²) in [5, 5.41) is 2.87. The molecule has 0 aromatic heterocycles. The van der Waals surface area contributed by atoms with E-state index in [0.717, 1.165) is 18.4 Å². The highest BCUT2D eigenvalue weighted by Gasteiger charge is 2.08. The van der Waals surface area contributed by atoms with Crippen LogP contribution in [0.4, 0.5) is 0 Å².